The second-order valence-electron chi connectivity index (χ2n) is 5.45. The molecule has 0 saturated carbocycles. The molecule has 4 N–H and O–H groups in total. The Morgan fingerprint density at radius 2 is 1.05 bits per heavy atom. The first kappa shape index (κ1) is 18.1. The normalized spacial score (nSPS) is 10.5. The van der Waals surface area contributed by atoms with E-state index in [0.29, 0.717) is 0 Å². The van der Waals surface area contributed by atoms with Crippen molar-refractivity contribution in [3.63, 3.8) is 0 Å². The van der Waals surface area contributed by atoms with Gasteiger partial charge in [-0.2, -0.15) is 0 Å². The molecule has 0 spiro atoms. The highest BCUT2D eigenvalue weighted by molar-refractivity contribution is 5.55. The molecule has 0 bridgehead atoms. The first-order chi connectivity index (χ1) is 10.5. The van der Waals surface area contributed by atoms with Gasteiger partial charge in [0.15, 0.2) is 0 Å². The summed E-state index contributed by atoms with van der Waals surface area (Å²) in [4.78, 5) is 0. The lowest BCUT2D eigenvalue weighted by atomic mass is 9.81. The first-order valence-corrected chi connectivity index (χ1v) is 7.64. The van der Waals surface area contributed by atoms with Crippen molar-refractivity contribution in [1.29, 1.82) is 0 Å². The molecule has 0 amide bonds. The molecule has 0 aliphatic heterocycles. The van der Waals surface area contributed by atoms with Crippen molar-refractivity contribution in [3.05, 3.63) is 84.0 Å². The van der Waals surface area contributed by atoms with Gasteiger partial charge in [-0.3, -0.25) is 0 Å². The van der Waals surface area contributed by atoms with Crippen molar-refractivity contribution in [2.45, 2.75) is 38.8 Å². The molecule has 118 valence electrons. The summed E-state index contributed by atoms with van der Waals surface area (Å²) in [5.74, 6) is 0. The van der Waals surface area contributed by atoms with E-state index in [2.05, 4.69) is 33.2 Å². The smallest absolute Gasteiger partial charge is 0.0790 e. The molecule has 1 aromatic carbocycles. The van der Waals surface area contributed by atoms with Gasteiger partial charge in [0.25, 0.3) is 0 Å². The lowest BCUT2D eigenvalue weighted by Gasteiger charge is -2.26. The van der Waals surface area contributed by atoms with Gasteiger partial charge in [0.05, 0.1) is 6.17 Å². The third-order valence-electron chi connectivity index (χ3n) is 4.01. The van der Waals surface area contributed by atoms with Crippen LogP contribution in [0.1, 0.15) is 39.5 Å². The summed E-state index contributed by atoms with van der Waals surface area (Å²) in [5, 5.41) is 0. The zero-order chi connectivity index (χ0) is 16.7. The first-order valence-electron chi connectivity index (χ1n) is 7.64. The standard InChI is InChI=1S/C20H28N2/c1-6-10-15-14(5)16(11-7-2)18(13-9-4)19(20(21)22)17(15)12-8-3/h6-9,20H,1-4,10-13,21-22H2,5H3. The summed E-state index contributed by atoms with van der Waals surface area (Å²) >= 11 is 0. The maximum Gasteiger partial charge on any atom is 0.0790 e. The summed E-state index contributed by atoms with van der Waals surface area (Å²) in [5.41, 5.74) is 19.4. The minimum Gasteiger partial charge on any atom is -0.312 e. The van der Waals surface area contributed by atoms with E-state index in [1.165, 1.54) is 27.8 Å². The van der Waals surface area contributed by atoms with Crippen LogP contribution in [-0.4, -0.2) is 0 Å². The van der Waals surface area contributed by atoms with Crippen LogP contribution in [0.5, 0.6) is 0 Å². The van der Waals surface area contributed by atoms with Crippen LogP contribution in [-0.2, 0) is 25.7 Å². The average molecular weight is 296 g/mol. The predicted octanol–water partition coefficient (Wildman–Crippen LogP) is 3.83. The van der Waals surface area contributed by atoms with E-state index in [1.54, 1.807) is 0 Å². The summed E-state index contributed by atoms with van der Waals surface area (Å²) in [7, 11) is 0. The minimum absolute atomic E-state index is 0.516. The van der Waals surface area contributed by atoms with Crippen LogP contribution < -0.4 is 11.5 Å². The average Bonchev–Trinajstić information content (AvgIpc) is 2.47. The molecule has 0 radical (unpaired) electrons. The summed E-state index contributed by atoms with van der Waals surface area (Å²) in [6.07, 6.45) is 10.2. The summed E-state index contributed by atoms with van der Waals surface area (Å²) < 4.78 is 0. The molecule has 0 aliphatic rings. The highest BCUT2D eigenvalue weighted by Crippen LogP contribution is 2.32. The highest BCUT2D eigenvalue weighted by atomic mass is 14.9. The third-order valence-corrected chi connectivity index (χ3v) is 4.01. The van der Waals surface area contributed by atoms with Crippen molar-refractivity contribution in [2.24, 2.45) is 11.5 Å². The number of nitrogens with two attached hydrogens (primary N) is 2. The monoisotopic (exact) mass is 296 g/mol. The molecule has 1 aromatic rings. The van der Waals surface area contributed by atoms with E-state index in [0.717, 1.165) is 31.2 Å². The largest absolute Gasteiger partial charge is 0.312 e. The van der Waals surface area contributed by atoms with Gasteiger partial charge in [0.1, 0.15) is 0 Å². The molecule has 0 aromatic heterocycles. The van der Waals surface area contributed by atoms with Gasteiger partial charge in [-0.05, 0) is 66.0 Å². The quantitative estimate of drug-likeness (QED) is 0.537. The summed E-state index contributed by atoms with van der Waals surface area (Å²) in [6.45, 7) is 17.7. The third kappa shape index (κ3) is 3.65. The van der Waals surface area contributed by atoms with Crippen molar-refractivity contribution in [1.82, 2.24) is 0 Å². The topological polar surface area (TPSA) is 52.0 Å². The molecule has 0 atom stereocenters. The molecule has 1 rings (SSSR count). The predicted molar refractivity (Wildman–Crippen MR) is 97.9 cm³/mol. The lowest BCUT2D eigenvalue weighted by molar-refractivity contribution is 0.744. The van der Waals surface area contributed by atoms with Crippen LogP contribution in [0.2, 0.25) is 0 Å². The number of benzene rings is 1. The zero-order valence-corrected chi connectivity index (χ0v) is 13.7. The van der Waals surface area contributed by atoms with Crippen molar-refractivity contribution in [3.8, 4) is 0 Å². The molecular weight excluding hydrogens is 268 g/mol. The zero-order valence-electron chi connectivity index (χ0n) is 13.7. The number of hydrogen-bond donors (Lipinski definition) is 2. The van der Waals surface area contributed by atoms with Crippen LogP contribution in [0.25, 0.3) is 0 Å². The van der Waals surface area contributed by atoms with Gasteiger partial charge in [-0.25, -0.2) is 0 Å². The molecule has 0 fully saturated rings. The van der Waals surface area contributed by atoms with Crippen LogP contribution >= 0.6 is 0 Å². The van der Waals surface area contributed by atoms with E-state index in [4.69, 9.17) is 11.5 Å². The number of allylic oxidation sites excluding steroid dienone is 4. The fraction of sp³-hybridized carbons (Fsp3) is 0.300. The van der Waals surface area contributed by atoms with E-state index in [1.807, 2.05) is 24.3 Å². The van der Waals surface area contributed by atoms with Crippen molar-refractivity contribution in [2.75, 3.05) is 0 Å². The Balaban J connectivity index is 3.85. The fourth-order valence-electron chi connectivity index (χ4n) is 3.14. The van der Waals surface area contributed by atoms with Crippen LogP contribution in [0.4, 0.5) is 0 Å². The molecule has 2 nitrogen and oxygen atoms in total. The Kier molecular flexibility index (Phi) is 7.03. The van der Waals surface area contributed by atoms with Gasteiger partial charge in [-0.15, -0.1) is 26.3 Å². The number of hydrogen-bond acceptors (Lipinski definition) is 2. The molecule has 0 saturated heterocycles. The minimum atomic E-state index is -0.516. The maximum atomic E-state index is 6.11. The Hall–Kier alpha value is -1.90. The molecule has 22 heavy (non-hydrogen) atoms. The Morgan fingerprint density at radius 3 is 1.32 bits per heavy atom. The van der Waals surface area contributed by atoms with Gasteiger partial charge >= 0.3 is 0 Å². The molecule has 0 heterocycles. The Morgan fingerprint density at radius 1 is 0.727 bits per heavy atom. The SMILES string of the molecule is C=CCc1c(C)c(CC=C)c(CC=C)c(C(N)N)c1CC=C. The van der Waals surface area contributed by atoms with Crippen molar-refractivity contribution < 1.29 is 0 Å². The van der Waals surface area contributed by atoms with Gasteiger partial charge in [0, 0.05) is 0 Å². The highest BCUT2D eigenvalue weighted by Gasteiger charge is 2.21. The maximum absolute atomic E-state index is 6.11. The Labute approximate surface area is 134 Å². The fourth-order valence-corrected chi connectivity index (χ4v) is 3.14. The van der Waals surface area contributed by atoms with Crippen LogP contribution in [0.3, 0.4) is 0 Å². The molecular formula is C20H28N2. The van der Waals surface area contributed by atoms with Crippen LogP contribution in [0, 0.1) is 6.92 Å². The molecule has 0 unspecified atom stereocenters. The second-order valence-corrected chi connectivity index (χ2v) is 5.45. The Bertz CT molecular complexity index is 535. The van der Waals surface area contributed by atoms with Gasteiger partial charge < -0.3 is 11.5 Å². The van der Waals surface area contributed by atoms with E-state index in [9.17, 15) is 0 Å². The number of rotatable bonds is 9. The van der Waals surface area contributed by atoms with Gasteiger partial charge in [-0.1, -0.05) is 24.3 Å². The lowest BCUT2D eigenvalue weighted by Crippen LogP contribution is -2.26. The summed E-state index contributed by atoms with van der Waals surface area (Å²) in [6, 6.07) is 0. The van der Waals surface area contributed by atoms with E-state index in [-0.39, 0.29) is 0 Å². The van der Waals surface area contributed by atoms with E-state index >= 15 is 0 Å². The molecule has 2 heteroatoms. The second kappa shape index (κ2) is 8.52. The van der Waals surface area contributed by atoms with Crippen LogP contribution in [0.15, 0.2) is 50.6 Å². The van der Waals surface area contributed by atoms with Gasteiger partial charge in [0.2, 0.25) is 0 Å². The van der Waals surface area contributed by atoms with E-state index < -0.39 is 6.17 Å². The van der Waals surface area contributed by atoms with Crippen molar-refractivity contribution >= 4 is 0 Å². The molecule has 0 aliphatic carbocycles.